The van der Waals surface area contributed by atoms with Gasteiger partial charge in [-0.25, -0.2) is 18.5 Å². The van der Waals surface area contributed by atoms with Crippen molar-refractivity contribution in [1.82, 2.24) is 4.98 Å². The molecule has 9 heteroatoms. The summed E-state index contributed by atoms with van der Waals surface area (Å²) in [5.41, 5.74) is 3.01. The highest BCUT2D eigenvalue weighted by atomic mass is 35.5. The van der Waals surface area contributed by atoms with Gasteiger partial charge in [0, 0.05) is 16.8 Å². The smallest absolute Gasteiger partial charge is 0.268 e. The molecule has 0 aliphatic rings. The zero-order valence-electron chi connectivity index (χ0n) is 15.9. The van der Waals surface area contributed by atoms with E-state index in [9.17, 15) is 13.2 Å². The van der Waals surface area contributed by atoms with Crippen molar-refractivity contribution in [1.29, 1.82) is 0 Å². The van der Waals surface area contributed by atoms with E-state index in [0.29, 0.717) is 27.4 Å². The summed E-state index contributed by atoms with van der Waals surface area (Å²) in [6, 6.07) is 22.6. The minimum atomic E-state index is -3.86. The average Bonchev–Trinajstić information content (AvgIpc) is 3.16. The maximum atomic E-state index is 12.9. The number of primary sulfonamides is 1. The second kappa shape index (κ2) is 8.60. The molecule has 0 aliphatic carbocycles. The van der Waals surface area contributed by atoms with Gasteiger partial charge in [-0.15, -0.1) is 0 Å². The first-order valence-electron chi connectivity index (χ1n) is 9.08. The highest BCUT2D eigenvalue weighted by Gasteiger charge is 2.19. The molecule has 1 amide bonds. The number of nitrogens with one attached hydrogen (secondary N) is 1. The van der Waals surface area contributed by atoms with E-state index in [1.165, 1.54) is 6.07 Å². The minimum Gasteiger partial charge on any atom is -0.321 e. The number of benzene rings is 3. The molecular weight excluding hydrogens is 454 g/mol. The van der Waals surface area contributed by atoms with Crippen LogP contribution in [-0.4, -0.2) is 19.3 Å². The van der Waals surface area contributed by atoms with E-state index in [2.05, 4.69) is 10.3 Å². The zero-order valence-corrected chi connectivity index (χ0v) is 18.3. The topological polar surface area (TPSA) is 102 Å². The number of amides is 1. The Balaban J connectivity index is 1.60. The predicted octanol–water partition coefficient (Wildman–Crippen LogP) is 5.03. The zero-order chi connectivity index (χ0) is 22.0. The van der Waals surface area contributed by atoms with Crippen molar-refractivity contribution in [2.75, 3.05) is 5.32 Å². The summed E-state index contributed by atoms with van der Waals surface area (Å²) in [6.45, 7) is 0. The van der Waals surface area contributed by atoms with Crippen LogP contribution in [0.15, 0.2) is 83.8 Å². The van der Waals surface area contributed by atoms with Gasteiger partial charge in [0.2, 0.25) is 10.0 Å². The maximum absolute atomic E-state index is 12.9. The third-order valence-electron chi connectivity index (χ3n) is 4.50. The quantitative estimate of drug-likeness (QED) is 0.428. The van der Waals surface area contributed by atoms with E-state index in [1.807, 2.05) is 30.3 Å². The molecule has 1 heterocycles. The van der Waals surface area contributed by atoms with Gasteiger partial charge in [-0.2, -0.15) is 0 Å². The average molecular weight is 470 g/mol. The van der Waals surface area contributed by atoms with Gasteiger partial charge in [-0.1, -0.05) is 83.6 Å². The maximum Gasteiger partial charge on any atom is 0.268 e. The summed E-state index contributed by atoms with van der Waals surface area (Å²) in [4.78, 5) is 17.6. The number of carbonyl (C=O) groups is 1. The van der Waals surface area contributed by atoms with Crippen LogP contribution in [0, 0.1) is 0 Å². The third-order valence-corrected chi connectivity index (χ3v) is 6.63. The fourth-order valence-electron chi connectivity index (χ4n) is 3.11. The highest BCUT2D eigenvalue weighted by Crippen LogP contribution is 2.32. The summed E-state index contributed by atoms with van der Waals surface area (Å²) in [5.74, 6) is -0.332. The molecule has 4 rings (SSSR count). The van der Waals surface area contributed by atoms with Crippen molar-refractivity contribution in [3.8, 4) is 22.4 Å². The van der Waals surface area contributed by atoms with Crippen molar-refractivity contribution < 1.29 is 13.2 Å². The molecule has 0 saturated heterocycles. The Kier molecular flexibility index (Phi) is 5.88. The van der Waals surface area contributed by atoms with Crippen molar-refractivity contribution in [3.63, 3.8) is 0 Å². The molecule has 1 aromatic heterocycles. The van der Waals surface area contributed by atoms with Crippen molar-refractivity contribution in [3.05, 3.63) is 88.2 Å². The molecule has 0 fully saturated rings. The predicted molar refractivity (Wildman–Crippen MR) is 124 cm³/mol. The van der Waals surface area contributed by atoms with Gasteiger partial charge >= 0.3 is 0 Å². The van der Waals surface area contributed by atoms with Crippen LogP contribution in [0.5, 0.6) is 0 Å². The van der Waals surface area contributed by atoms with Crippen molar-refractivity contribution in [2.24, 2.45) is 5.14 Å². The van der Waals surface area contributed by atoms with Gasteiger partial charge in [-0.05, 0) is 23.8 Å². The Labute approximate surface area is 188 Å². The molecule has 0 aliphatic heterocycles. The van der Waals surface area contributed by atoms with Crippen LogP contribution < -0.4 is 10.5 Å². The number of halogens is 1. The van der Waals surface area contributed by atoms with E-state index < -0.39 is 10.0 Å². The second-order valence-corrected chi connectivity index (χ2v) is 9.69. The fraction of sp³-hybridized carbons (Fsp3) is 0. The van der Waals surface area contributed by atoms with Gasteiger partial charge in [0.15, 0.2) is 4.47 Å². The number of aromatic nitrogens is 1. The van der Waals surface area contributed by atoms with Gasteiger partial charge in [0.05, 0.1) is 10.6 Å². The Morgan fingerprint density at radius 3 is 2.23 bits per heavy atom. The van der Waals surface area contributed by atoms with Gasteiger partial charge in [0.25, 0.3) is 5.91 Å². The third kappa shape index (κ3) is 4.67. The molecule has 0 atom stereocenters. The first-order chi connectivity index (χ1) is 14.8. The summed E-state index contributed by atoms with van der Waals surface area (Å²) < 4.78 is 24.0. The highest BCUT2D eigenvalue weighted by molar-refractivity contribution is 7.89. The molecule has 156 valence electrons. The second-order valence-electron chi connectivity index (χ2n) is 6.58. The van der Waals surface area contributed by atoms with Crippen molar-refractivity contribution >= 4 is 44.6 Å². The van der Waals surface area contributed by atoms with Gasteiger partial charge < -0.3 is 5.32 Å². The molecule has 4 aromatic rings. The number of nitrogens with two attached hydrogens (primary N) is 1. The van der Waals surface area contributed by atoms with Crippen LogP contribution in [0.2, 0.25) is 4.47 Å². The normalized spacial score (nSPS) is 11.3. The number of thiazole rings is 1. The molecule has 0 bridgehead atoms. The lowest BCUT2D eigenvalue weighted by Gasteiger charge is -2.10. The minimum absolute atomic E-state index is 0.0404. The van der Waals surface area contributed by atoms with Crippen molar-refractivity contribution in [2.45, 2.75) is 4.90 Å². The van der Waals surface area contributed by atoms with Gasteiger partial charge in [-0.3, -0.25) is 4.79 Å². The van der Waals surface area contributed by atoms with Crippen LogP contribution in [0.1, 0.15) is 9.67 Å². The lowest BCUT2D eigenvalue weighted by atomic mass is 10.1. The van der Waals surface area contributed by atoms with Crippen LogP contribution >= 0.6 is 22.9 Å². The Hall–Kier alpha value is -3.04. The van der Waals surface area contributed by atoms with Crippen LogP contribution in [-0.2, 0) is 10.0 Å². The standard InChI is InChI=1S/C22H16ClN3O3S2/c23-22-26-19(15-6-2-1-3-7-15)20(30-22)21(27)25-16-12-10-14(11-13-16)17-8-4-5-9-18(17)31(24,28)29/h1-13H,(H,25,27)(H2,24,28,29). The lowest BCUT2D eigenvalue weighted by molar-refractivity contribution is 0.103. The number of nitrogens with zero attached hydrogens (tertiary/aromatic N) is 1. The SMILES string of the molecule is NS(=O)(=O)c1ccccc1-c1ccc(NC(=O)c2sc(Cl)nc2-c2ccccc2)cc1. The van der Waals surface area contributed by atoms with Crippen LogP contribution in [0.3, 0.4) is 0 Å². The van der Waals surface area contributed by atoms with E-state index >= 15 is 0 Å². The lowest BCUT2D eigenvalue weighted by Crippen LogP contribution is -2.13. The monoisotopic (exact) mass is 469 g/mol. The molecule has 0 unspecified atom stereocenters. The molecule has 0 radical (unpaired) electrons. The van der Waals surface area contributed by atoms with Crippen LogP contribution in [0.25, 0.3) is 22.4 Å². The Morgan fingerprint density at radius 1 is 0.903 bits per heavy atom. The van der Waals surface area contributed by atoms with E-state index in [-0.39, 0.29) is 15.3 Å². The molecule has 0 spiro atoms. The molecule has 0 saturated carbocycles. The number of sulfonamides is 1. The summed E-state index contributed by atoms with van der Waals surface area (Å²) in [5, 5.41) is 8.15. The molecule has 31 heavy (non-hydrogen) atoms. The number of hydrogen-bond acceptors (Lipinski definition) is 5. The Morgan fingerprint density at radius 2 is 1.55 bits per heavy atom. The largest absolute Gasteiger partial charge is 0.321 e. The van der Waals surface area contributed by atoms with Gasteiger partial charge in [0.1, 0.15) is 4.88 Å². The summed E-state index contributed by atoms with van der Waals surface area (Å²) in [6.07, 6.45) is 0. The number of rotatable bonds is 5. The number of carbonyl (C=O) groups excluding carboxylic acids is 1. The number of hydrogen-bond donors (Lipinski definition) is 2. The Bertz CT molecular complexity index is 1350. The molecule has 6 nitrogen and oxygen atoms in total. The first kappa shape index (κ1) is 21.2. The molecule has 3 N–H and O–H groups in total. The van der Waals surface area contributed by atoms with E-state index in [4.69, 9.17) is 16.7 Å². The summed E-state index contributed by atoms with van der Waals surface area (Å²) in [7, 11) is -3.86. The number of anilines is 1. The van der Waals surface area contributed by atoms with E-state index in [1.54, 1.807) is 42.5 Å². The molecular formula is C22H16ClN3O3S2. The fourth-order valence-corrected chi connectivity index (χ4v) is 4.90. The first-order valence-corrected chi connectivity index (χ1v) is 11.8. The van der Waals surface area contributed by atoms with E-state index in [0.717, 1.165) is 16.9 Å². The summed E-state index contributed by atoms with van der Waals surface area (Å²) >= 11 is 7.17. The van der Waals surface area contributed by atoms with Crippen LogP contribution in [0.4, 0.5) is 5.69 Å². The molecule has 3 aromatic carbocycles.